The summed E-state index contributed by atoms with van der Waals surface area (Å²) in [5.74, 6) is -0.246. The number of hydrogen-bond donors (Lipinski definition) is 2. The van der Waals surface area contributed by atoms with Gasteiger partial charge in [-0.15, -0.1) is 10.2 Å². The quantitative estimate of drug-likeness (QED) is 0.700. The zero-order valence-electron chi connectivity index (χ0n) is 12.9. The number of aromatic nitrogens is 4. The number of hydrogen-bond acceptors (Lipinski definition) is 7. The number of carbonyl (C=O) groups is 1. The zero-order chi connectivity index (χ0) is 16.9. The van der Waals surface area contributed by atoms with Crippen molar-refractivity contribution in [3.05, 3.63) is 45.3 Å². The van der Waals surface area contributed by atoms with Gasteiger partial charge in [-0.3, -0.25) is 9.59 Å². The maximum absolute atomic E-state index is 12.0. The SMILES string of the molecule is COCc1nnc(NC(=O)CCc2nc3ccccc3[nH]c2=O)s1. The molecular formula is C15H15N5O3S. The number of ether oxygens (including phenoxy) is 1. The monoisotopic (exact) mass is 345 g/mol. The molecule has 0 saturated carbocycles. The van der Waals surface area contributed by atoms with Crippen molar-refractivity contribution in [3.8, 4) is 0 Å². The zero-order valence-corrected chi connectivity index (χ0v) is 13.7. The highest BCUT2D eigenvalue weighted by Gasteiger charge is 2.11. The van der Waals surface area contributed by atoms with Gasteiger partial charge in [0.1, 0.15) is 17.3 Å². The van der Waals surface area contributed by atoms with Gasteiger partial charge in [0.05, 0.1) is 11.0 Å². The van der Waals surface area contributed by atoms with Crippen molar-refractivity contribution in [2.45, 2.75) is 19.4 Å². The predicted octanol–water partition coefficient (Wildman–Crippen LogP) is 1.49. The van der Waals surface area contributed by atoms with Crippen LogP contribution in [0.15, 0.2) is 29.1 Å². The first-order chi connectivity index (χ1) is 11.7. The minimum Gasteiger partial charge on any atom is -0.377 e. The van der Waals surface area contributed by atoms with Crippen molar-refractivity contribution in [1.82, 2.24) is 20.2 Å². The summed E-state index contributed by atoms with van der Waals surface area (Å²) in [6.45, 7) is 0.351. The molecule has 0 spiro atoms. The Labute approximate surface area is 140 Å². The van der Waals surface area contributed by atoms with Crippen LogP contribution in [-0.4, -0.2) is 33.2 Å². The molecule has 0 aliphatic heterocycles. The lowest BCUT2D eigenvalue weighted by atomic mass is 10.2. The van der Waals surface area contributed by atoms with Gasteiger partial charge in [-0.1, -0.05) is 23.5 Å². The fourth-order valence-corrected chi connectivity index (χ4v) is 2.86. The Bertz CT molecular complexity index is 921. The van der Waals surface area contributed by atoms with E-state index in [4.69, 9.17) is 4.74 Å². The Kier molecular flexibility index (Phi) is 4.92. The summed E-state index contributed by atoms with van der Waals surface area (Å²) in [4.78, 5) is 31.1. The van der Waals surface area contributed by atoms with Crippen LogP contribution in [0.4, 0.5) is 5.13 Å². The normalized spacial score (nSPS) is 10.9. The van der Waals surface area contributed by atoms with Crippen molar-refractivity contribution in [3.63, 3.8) is 0 Å². The maximum atomic E-state index is 12.0. The largest absolute Gasteiger partial charge is 0.377 e. The molecule has 3 rings (SSSR count). The summed E-state index contributed by atoms with van der Waals surface area (Å²) >= 11 is 1.25. The van der Waals surface area contributed by atoms with Gasteiger partial charge < -0.3 is 15.0 Å². The van der Waals surface area contributed by atoms with E-state index in [1.165, 1.54) is 11.3 Å². The number of nitrogens with zero attached hydrogens (tertiary/aromatic N) is 3. The number of nitrogens with one attached hydrogen (secondary N) is 2. The topological polar surface area (TPSA) is 110 Å². The molecule has 8 nitrogen and oxygen atoms in total. The lowest BCUT2D eigenvalue weighted by molar-refractivity contribution is -0.116. The second-order valence-corrected chi connectivity index (χ2v) is 6.07. The van der Waals surface area contributed by atoms with E-state index in [9.17, 15) is 9.59 Å². The molecule has 0 bridgehead atoms. The first-order valence-electron chi connectivity index (χ1n) is 7.25. The summed E-state index contributed by atoms with van der Waals surface area (Å²) < 4.78 is 4.95. The summed E-state index contributed by atoms with van der Waals surface area (Å²) in [7, 11) is 1.56. The van der Waals surface area contributed by atoms with Gasteiger partial charge in [-0.25, -0.2) is 4.98 Å². The predicted molar refractivity (Wildman–Crippen MR) is 89.9 cm³/mol. The van der Waals surface area contributed by atoms with Gasteiger partial charge in [0.2, 0.25) is 11.0 Å². The number of amides is 1. The highest BCUT2D eigenvalue weighted by Crippen LogP contribution is 2.16. The molecule has 0 aliphatic carbocycles. The first-order valence-corrected chi connectivity index (χ1v) is 8.06. The average molecular weight is 345 g/mol. The van der Waals surface area contributed by atoms with Crippen LogP contribution in [0, 0.1) is 0 Å². The van der Waals surface area contributed by atoms with Gasteiger partial charge >= 0.3 is 0 Å². The van der Waals surface area contributed by atoms with E-state index < -0.39 is 0 Å². The van der Waals surface area contributed by atoms with Gasteiger partial charge in [0.15, 0.2) is 0 Å². The molecule has 1 amide bonds. The number of para-hydroxylation sites is 2. The summed E-state index contributed by atoms with van der Waals surface area (Å²) in [5, 5.41) is 11.5. The highest BCUT2D eigenvalue weighted by molar-refractivity contribution is 7.15. The van der Waals surface area contributed by atoms with E-state index in [-0.39, 0.29) is 24.3 Å². The van der Waals surface area contributed by atoms with E-state index in [2.05, 4.69) is 25.5 Å². The minimum atomic E-state index is -0.278. The van der Waals surface area contributed by atoms with Crippen LogP contribution in [0.2, 0.25) is 0 Å². The summed E-state index contributed by atoms with van der Waals surface area (Å²) in [6, 6.07) is 7.27. The van der Waals surface area contributed by atoms with Crippen molar-refractivity contribution in [1.29, 1.82) is 0 Å². The van der Waals surface area contributed by atoms with Crippen LogP contribution in [0.3, 0.4) is 0 Å². The molecule has 2 N–H and O–H groups in total. The number of rotatable bonds is 6. The number of aryl methyl sites for hydroxylation is 1. The molecule has 24 heavy (non-hydrogen) atoms. The van der Waals surface area contributed by atoms with E-state index in [1.807, 2.05) is 18.2 Å². The fraction of sp³-hybridized carbons (Fsp3) is 0.267. The molecule has 9 heteroatoms. The van der Waals surface area contributed by atoms with E-state index in [1.54, 1.807) is 13.2 Å². The number of aromatic amines is 1. The molecule has 2 aromatic heterocycles. The molecule has 0 saturated heterocycles. The molecule has 3 aromatic rings. The standard InChI is InChI=1S/C15H15N5O3S/c1-23-8-13-19-20-15(24-13)18-12(21)7-6-11-14(22)17-10-5-3-2-4-9(10)16-11/h2-5H,6-8H2,1H3,(H,17,22)(H,18,20,21). The van der Waals surface area contributed by atoms with Crippen LogP contribution in [0.25, 0.3) is 11.0 Å². The van der Waals surface area contributed by atoms with Crippen molar-refractivity contribution in [2.75, 3.05) is 12.4 Å². The van der Waals surface area contributed by atoms with Crippen LogP contribution in [0.1, 0.15) is 17.1 Å². The number of fused-ring (bicyclic) bond motifs is 1. The Hall–Kier alpha value is -2.65. The van der Waals surface area contributed by atoms with E-state index in [0.717, 1.165) is 0 Å². The van der Waals surface area contributed by atoms with Crippen molar-refractivity contribution < 1.29 is 9.53 Å². The van der Waals surface area contributed by atoms with Crippen LogP contribution < -0.4 is 10.9 Å². The Balaban J connectivity index is 1.63. The lowest BCUT2D eigenvalue weighted by Gasteiger charge is -2.03. The van der Waals surface area contributed by atoms with Crippen LogP contribution >= 0.6 is 11.3 Å². The molecule has 2 heterocycles. The summed E-state index contributed by atoms with van der Waals surface area (Å²) in [6.07, 6.45) is 0.378. The Morgan fingerprint density at radius 1 is 1.33 bits per heavy atom. The Morgan fingerprint density at radius 3 is 3.00 bits per heavy atom. The number of anilines is 1. The third-order valence-electron chi connectivity index (χ3n) is 3.24. The average Bonchev–Trinajstić information content (AvgIpc) is 3.00. The molecule has 0 atom stereocenters. The Morgan fingerprint density at radius 2 is 2.17 bits per heavy atom. The smallest absolute Gasteiger partial charge is 0.270 e. The number of methoxy groups -OCH3 is 1. The van der Waals surface area contributed by atoms with Crippen LogP contribution in [-0.2, 0) is 22.6 Å². The number of H-pyrrole nitrogens is 1. The second kappa shape index (κ2) is 7.28. The third-order valence-corrected chi connectivity index (χ3v) is 4.05. The maximum Gasteiger partial charge on any atom is 0.270 e. The third kappa shape index (κ3) is 3.81. The van der Waals surface area contributed by atoms with Crippen molar-refractivity contribution in [2.24, 2.45) is 0 Å². The molecule has 0 radical (unpaired) electrons. The molecule has 0 fully saturated rings. The lowest BCUT2D eigenvalue weighted by Crippen LogP contribution is -2.18. The van der Waals surface area contributed by atoms with Gasteiger partial charge in [0, 0.05) is 20.0 Å². The van der Waals surface area contributed by atoms with Gasteiger partial charge in [-0.05, 0) is 12.1 Å². The molecule has 1 aromatic carbocycles. The molecule has 0 unspecified atom stereocenters. The van der Waals surface area contributed by atoms with Crippen molar-refractivity contribution >= 4 is 33.4 Å². The van der Waals surface area contributed by atoms with E-state index in [0.29, 0.717) is 33.5 Å². The highest BCUT2D eigenvalue weighted by atomic mass is 32.1. The molecule has 0 aliphatic rings. The summed E-state index contributed by atoms with van der Waals surface area (Å²) in [5.41, 5.74) is 1.43. The first kappa shape index (κ1) is 16.2. The molecular weight excluding hydrogens is 330 g/mol. The minimum absolute atomic E-state index is 0.133. The second-order valence-electron chi connectivity index (χ2n) is 5.01. The number of carbonyl (C=O) groups excluding carboxylic acids is 1. The van der Waals surface area contributed by atoms with Gasteiger partial charge in [0.25, 0.3) is 5.56 Å². The van der Waals surface area contributed by atoms with Gasteiger partial charge in [-0.2, -0.15) is 0 Å². The molecule has 124 valence electrons. The number of benzene rings is 1. The fourth-order valence-electron chi connectivity index (χ4n) is 2.14. The van der Waals surface area contributed by atoms with E-state index >= 15 is 0 Å². The van der Waals surface area contributed by atoms with Crippen LogP contribution in [0.5, 0.6) is 0 Å².